The fourth-order valence-corrected chi connectivity index (χ4v) is 6.74. The third-order valence-corrected chi connectivity index (χ3v) is 8.95. The molecule has 0 saturated carbocycles. The zero-order chi connectivity index (χ0) is 27.9. The van der Waals surface area contributed by atoms with Crippen molar-refractivity contribution in [2.45, 2.75) is 51.5 Å². The number of carbonyl (C=O) groups is 2. The first-order valence-electron chi connectivity index (χ1n) is 14.4. The number of amides is 2. The van der Waals surface area contributed by atoms with Gasteiger partial charge in [0.1, 0.15) is 0 Å². The lowest BCUT2D eigenvalue weighted by atomic mass is 9.89. The zero-order valence-corrected chi connectivity index (χ0v) is 24.3. The van der Waals surface area contributed by atoms with Gasteiger partial charge in [-0.3, -0.25) is 9.59 Å². The lowest BCUT2D eigenvalue weighted by Crippen LogP contribution is -2.48. The average Bonchev–Trinajstić information content (AvgIpc) is 3.47. The summed E-state index contributed by atoms with van der Waals surface area (Å²) in [7, 11) is 0. The van der Waals surface area contributed by atoms with Crippen molar-refractivity contribution in [1.82, 2.24) is 9.80 Å². The number of unbranched alkanes of at least 4 members (excludes halogenated alkanes) is 2. The molecule has 1 atom stereocenters. The predicted octanol–water partition coefficient (Wildman–Crippen LogP) is 7.38. The maximum Gasteiger partial charge on any atom is 0.242 e. The normalized spacial score (nSPS) is 14.7. The van der Waals surface area contributed by atoms with Gasteiger partial charge in [-0.15, -0.1) is 11.3 Å². The number of nitrogens with zero attached hydrogens (tertiary/aromatic N) is 2. The van der Waals surface area contributed by atoms with Crippen molar-refractivity contribution >= 4 is 23.2 Å². The van der Waals surface area contributed by atoms with E-state index in [2.05, 4.69) is 43.5 Å². The Kier molecular flexibility index (Phi) is 9.12. The van der Waals surface area contributed by atoms with E-state index in [1.54, 1.807) is 11.3 Å². The second-order valence-corrected chi connectivity index (χ2v) is 11.6. The third-order valence-electron chi connectivity index (χ3n) is 7.95. The Hall–Kier alpha value is -3.70. The van der Waals surface area contributed by atoms with Gasteiger partial charge < -0.3 is 9.80 Å². The summed E-state index contributed by atoms with van der Waals surface area (Å²) in [6.07, 6.45) is 3.80. The Bertz CT molecular complexity index is 1380. The Morgan fingerprint density at radius 1 is 0.875 bits per heavy atom. The summed E-state index contributed by atoms with van der Waals surface area (Å²) in [6, 6.07) is 30.3. The van der Waals surface area contributed by atoms with Crippen LogP contribution >= 0.6 is 11.3 Å². The van der Waals surface area contributed by atoms with Crippen LogP contribution in [0.3, 0.4) is 0 Å². The molecule has 0 fully saturated rings. The summed E-state index contributed by atoms with van der Waals surface area (Å²) in [5.74, 6) is -0.453. The van der Waals surface area contributed by atoms with Crippen LogP contribution in [0.2, 0.25) is 0 Å². The van der Waals surface area contributed by atoms with E-state index in [1.165, 1.54) is 16.0 Å². The van der Waals surface area contributed by atoms with E-state index < -0.39 is 5.92 Å². The number of fused-ring (bicyclic) bond motifs is 1. The van der Waals surface area contributed by atoms with Crippen LogP contribution in [-0.4, -0.2) is 41.2 Å². The van der Waals surface area contributed by atoms with E-state index in [1.807, 2.05) is 76.5 Å². The molecule has 2 amide bonds. The van der Waals surface area contributed by atoms with Crippen LogP contribution in [0.5, 0.6) is 0 Å². The van der Waals surface area contributed by atoms with Crippen molar-refractivity contribution < 1.29 is 9.59 Å². The molecule has 5 heteroatoms. The highest BCUT2D eigenvalue weighted by molar-refractivity contribution is 7.10. The molecule has 0 radical (unpaired) electrons. The molecule has 40 heavy (non-hydrogen) atoms. The van der Waals surface area contributed by atoms with Crippen LogP contribution in [0.25, 0.3) is 0 Å². The van der Waals surface area contributed by atoms with Crippen LogP contribution in [0.4, 0.5) is 0 Å². The molecule has 0 spiro atoms. The van der Waals surface area contributed by atoms with E-state index >= 15 is 0 Å². The fourth-order valence-electron chi connectivity index (χ4n) is 5.84. The standard InChI is InChI=1S/C35H38N2O2S/c1-3-4-13-22-36(35(39)33(27-15-7-5-8-16-27)28-17-9-6-10-18-28)25-32(38)37-23-20-31-30(21-24-40-31)34(37)29-19-12-11-14-26(29)2/h5-12,14-19,21,24,33-34H,3-4,13,20,22-23,25H2,1-2H3. The van der Waals surface area contributed by atoms with Gasteiger partial charge in [0.15, 0.2) is 0 Å². The van der Waals surface area contributed by atoms with Crippen LogP contribution in [-0.2, 0) is 16.0 Å². The van der Waals surface area contributed by atoms with E-state index in [4.69, 9.17) is 0 Å². The first-order chi connectivity index (χ1) is 19.6. The molecule has 4 aromatic rings. The predicted molar refractivity (Wildman–Crippen MR) is 164 cm³/mol. The second-order valence-electron chi connectivity index (χ2n) is 10.6. The molecule has 0 N–H and O–H groups in total. The number of hydrogen-bond acceptors (Lipinski definition) is 3. The van der Waals surface area contributed by atoms with E-state index in [0.717, 1.165) is 42.4 Å². The number of hydrogen-bond donors (Lipinski definition) is 0. The van der Waals surface area contributed by atoms with Crippen molar-refractivity contribution in [3.05, 3.63) is 129 Å². The summed E-state index contributed by atoms with van der Waals surface area (Å²) in [4.78, 5) is 33.8. The molecule has 0 saturated heterocycles. The SMILES string of the molecule is CCCCCN(CC(=O)N1CCc2sccc2C1c1ccccc1C)C(=O)C(c1ccccc1)c1ccccc1. The van der Waals surface area contributed by atoms with Gasteiger partial charge in [-0.1, -0.05) is 105 Å². The second kappa shape index (κ2) is 13.1. The van der Waals surface area contributed by atoms with Crippen molar-refractivity contribution in [2.24, 2.45) is 0 Å². The molecule has 1 aliphatic rings. The van der Waals surface area contributed by atoms with Crippen molar-refractivity contribution in [3.8, 4) is 0 Å². The first kappa shape index (κ1) is 27.9. The maximum atomic E-state index is 14.4. The Balaban J connectivity index is 1.47. The molecule has 206 valence electrons. The van der Waals surface area contributed by atoms with Gasteiger partial charge in [0, 0.05) is 18.0 Å². The zero-order valence-electron chi connectivity index (χ0n) is 23.5. The molecule has 0 aliphatic carbocycles. The highest BCUT2D eigenvalue weighted by Crippen LogP contribution is 2.39. The number of benzene rings is 3. The Labute approximate surface area is 242 Å². The minimum Gasteiger partial charge on any atom is -0.333 e. The maximum absolute atomic E-state index is 14.4. The van der Waals surface area contributed by atoms with Crippen LogP contribution in [0, 0.1) is 6.92 Å². The first-order valence-corrected chi connectivity index (χ1v) is 15.3. The molecule has 0 bridgehead atoms. The molecular weight excluding hydrogens is 512 g/mol. The highest BCUT2D eigenvalue weighted by Gasteiger charge is 2.36. The Morgan fingerprint density at radius 2 is 1.52 bits per heavy atom. The molecular formula is C35H38N2O2S. The molecule has 1 aromatic heterocycles. The summed E-state index contributed by atoms with van der Waals surface area (Å²) < 4.78 is 0. The largest absolute Gasteiger partial charge is 0.333 e. The average molecular weight is 551 g/mol. The molecule has 4 nitrogen and oxygen atoms in total. The topological polar surface area (TPSA) is 40.6 Å². The van der Waals surface area contributed by atoms with Crippen LogP contribution < -0.4 is 0 Å². The minimum atomic E-state index is -0.450. The molecule has 5 rings (SSSR count). The fraction of sp³-hybridized carbons (Fsp3) is 0.314. The minimum absolute atomic E-state index is 0.00910. The number of rotatable bonds is 10. The van der Waals surface area contributed by atoms with Crippen LogP contribution in [0.15, 0.2) is 96.4 Å². The summed E-state index contributed by atoms with van der Waals surface area (Å²) in [5.41, 5.74) is 5.45. The van der Waals surface area contributed by atoms with E-state index in [9.17, 15) is 9.59 Å². The summed E-state index contributed by atoms with van der Waals surface area (Å²) in [5, 5.41) is 2.13. The van der Waals surface area contributed by atoms with Gasteiger partial charge in [-0.05, 0) is 59.0 Å². The van der Waals surface area contributed by atoms with Crippen molar-refractivity contribution in [1.29, 1.82) is 0 Å². The van der Waals surface area contributed by atoms with E-state index in [-0.39, 0.29) is 24.4 Å². The van der Waals surface area contributed by atoms with Gasteiger partial charge in [0.2, 0.25) is 11.8 Å². The Morgan fingerprint density at radius 3 is 2.17 bits per heavy atom. The number of aryl methyl sites for hydroxylation is 1. The molecule has 1 aliphatic heterocycles. The van der Waals surface area contributed by atoms with Gasteiger partial charge in [-0.2, -0.15) is 0 Å². The van der Waals surface area contributed by atoms with Crippen molar-refractivity contribution in [2.75, 3.05) is 19.6 Å². The lowest BCUT2D eigenvalue weighted by Gasteiger charge is -2.38. The highest BCUT2D eigenvalue weighted by atomic mass is 32.1. The molecule has 2 heterocycles. The van der Waals surface area contributed by atoms with Gasteiger partial charge in [0.05, 0.1) is 18.5 Å². The summed E-state index contributed by atoms with van der Waals surface area (Å²) >= 11 is 1.77. The third kappa shape index (κ3) is 6.05. The molecule has 1 unspecified atom stereocenters. The van der Waals surface area contributed by atoms with Gasteiger partial charge in [-0.25, -0.2) is 0 Å². The smallest absolute Gasteiger partial charge is 0.242 e. The summed E-state index contributed by atoms with van der Waals surface area (Å²) in [6.45, 7) is 5.58. The van der Waals surface area contributed by atoms with Gasteiger partial charge >= 0.3 is 0 Å². The lowest BCUT2D eigenvalue weighted by molar-refractivity contribution is -0.142. The van der Waals surface area contributed by atoms with Crippen LogP contribution in [0.1, 0.15) is 70.8 Å². The van der Waals surface area contributed by atoms with Gasteiger partial charge in [0.25, 0.3) is 0 Å². The monoisotopic (exact) mass is 550 g/mol. The van der Waals surface area contributed by atoms with Crippen molar-refractivity contribution in [3.63, 3.8) is 0 Å². The number of carbonyl (C=O) groups excluding carboxylic acids is 2. The molecule has 3 aromatic carbocycles. The quantitative estimate of drug-likeness (QED) is 0.193. The van der Waals surface area contributed by atoms with E-state index in [0.29, 0.717) is 13.1 Å². The number of thiophene rings is 1.